The number of benzene rings is 1. The van der Waals surface area contributed by atoms with Gasteiger partial charge in [0.2, 0.25) is 0 Å². The van der Waals surface area contributed by atoms with Crippen molar-refractivity contribution in [2.75, 3.05) is 13.6 Å². The van der Waals surface area contributed by atoms with E-state index < -0.39 is 0 Å². The molecule has 1 aromatic rings. The summed E-state index contributed by atoms with van der Waals surface area (Å²) in [5.74, 6) is 0. The van der Waals surface area contributed by atoms with E-state index in [0.29, 0.717) is 12.2 Å². The Morgan fingerprint density at radius 2 is 2.19 bits per heavy atom. The van der Waals surface area contributed by atoms with Crippen LogP contribution in [0.5, 0.6) is 0 Å². The van der Waals surface area contributed by atoms with E-state index in [0.717, 1.165) is 17.9 Å². The third-order valence-corrected chi connectivity index (χ3v) is 3.73. The predicted molar refractivity (Wildman–Crippen MR) is 72.3 cm³/mol. The van der Waals surface area contributed by atoms with E-state index in [9.17, 15) is 0 Å². The normalized spacial score (nSPS) is 13.1. The lowest BCUT2D eigenvalue weighted by Gasteiger charge is -2.15. The molecule has 0 aliphatic rings. The third kappa shape index (κ3) is 4.03. The molecular formula is C12H19ClNOP. The fourth-order valence-corrected chi connectivity index (χ4v) is 2.20. The lowest BCUT2D eigenvalue weighted by Crippen LogP contribution is -2.15. The van der Waals surface area contributed by atoms with Gasteiger partial charge in [-0.25, -0.2) is 0 Å². The first-order valence-corrected chi connectivity index (χ1v) is 6.53. The molecule has 1 aromatic carbocycles. The molecule has 0 bridgehead atoms. The van der Waals surface area contributed by atoms with Crippen LogP contribution >= 0.6 is 20.8 Å². The van der Waals surface area contributed by atoms with Gasteiger partial charge in [-0.1, -0.05) is 30.7 Å². The highest BCUT2D eigenvalue weighted by Gasteiger charge is 2.08. The first kappa shape index (κ1) is 13.9. The molecule has 0 saturated heterocycles. The molecule has 2 unspecified atom stereocenters. The monoisotopic (exact) mass is 259 g/mol. The summed E-state index contributed by atoms with van der Waals surface area (Å²) in [7, 11) is 4.48. The summed E-state index contributed by atoms with van der Waals surface area (Å²) in [5.41, 5.74) is 2.80. The molecule has 90 valence electrons. The van der Waals surface area contributed by atoms with Gasteiger partial charge in [-0.05, 0) is 35.7 Å². The maximum atomic E-state index is 9.10. The Labute approximate surface area is 105 Å². The summed E-state index contributed by atoms with van der Waals surface area (Å²) in [5, 5.41) is 11.1. The van der Waals surface area contributed by atoms with Crippen LogP contribution in [-0.2, 0) is 6.42 Å². The van der Waals surface area contributed by atoms with Gasteiger partial charge in [0.15, 0.2) is 0 Å². The second kappa shape index (κ2) is 6.56. The number of rotatable bonds is 5. The van der Waals surface area contributed by atoms with Gasteiger partial charge in [0.25, 0.3) is 0 Å². The van der Waals surface area contributed by atoms with Crippen molar-refractivity contribution in [3.8, 4) is 0 Å². The van der Waals surface area contributed by atoms with E-state index in [2.05, 4.69) is 28.3 Å². The fraction of sp³-hybridized carbons (Fsp3) is 0.500. The van der Waals surface area contributed by atoms with Crippen molar-refractivity contribution in [1.82, 2.24) is 5.06 Å². The third-order valence-electron chi connectivity index (χ3n) is 2.64. The van der Waals surface area contributed by atoms with Crippen molar-refractivity contribution >= 4 is 20.8 Å². The summed E-state index contributed by atoms with van der Waals surface area (Å²) in [6.45, 7) is 2.77. The molecular weight excluding hydrogens is 241 g/mol. The molecule has 0 aliphatic heterocycles. The van der Waals surface area contributed by atoms with Gasteiger partial charge in [-0.2, -0.15) is 5.06 Å². The van der Waals surface area contributed by atoms with Crippen molar-refractivity contribution < 1.29 is 5.21 Å². The van der Waals surface area contributed by atoms with Crippen LogP contribution in [0.2, 0.25) is 5.02 Å². The van der Waals surface area contributed by atoms with Crippen LogP contribution in [0.3, 0.4) is 0 Å². The quantitative estimate of drug-likeness (QED) is 0.646. The molecule has 0 aliphatic carbocycles. The van der Waals surface area contributed by atoms with Crippen LogP contribution in [0.1, 0.15) is 30.1 Å². The van der Waals surface area contributed by atoms with Gasteiger partial charge in [-0.15, -0.1) is 9.24 Å². The Morgan fingerprint density at radius 3 is 2.75 bits per heavy atom. The first-order chi connectivity index (χ1) is 7.54. The minimum absolute atomic E-state index is 0.358. The second-order valence-corrected chi connectivity index (χ2v) is 5.19. The van der Waals surface area contributed by atoms with Crippen molar-refractivity contribution in [2.45, 2.75) is 25.4 Å². The molecule has 16 heavy (non-hydrogen) atoms. The zero-order valence-corrected chi connectivity index (χ0v) is 11.7. The minimum Gasteiger partial charge on any atom is -0.314 e. The molecule has 1 N–H and O–H groups in total. The average Bonchev–Trinajstić information content (AvgIpc) is 2.26. The highest BCUT2D eigenvalue weighted by molar-refractivity contribution is 7.17. The van der Waals surface area contributed by atoms with Gasteiger partial charge in [0, 0.05) is 18.6 Å². The van der Waals surface area contributed by atoms with E-state index in [1.54, 1.807) is 7.05 Å². The highest BCUT2D eigenvalue weighted by Crippen LogP contribution is 2.29. The number of nitrogens with zero attached hydrogens (tertiary/aromatic N) is 1. The van der Waals surface area contributed by atoms with Crippen molar-refractivity contribution in [3.05, 3.63) is 34.3 Å². The largest absolute Gasteiger partial charge is 0.314 e. The van der Waals surface area contributed by atoms with Crippen LogP contribution in [-0.4, -0.2) is 23.9 Å². The van der Waals surface area contributed by atoms with Crippen LogP contribution in [0, 0.1) is 0 Å². The zero-order valence-electron chi connectivity index (χ0n) is 9.78. The van der Waals surface area contributed by atoms with Crippen LogP contribution in [0.15, 0.2) is 18.2 Å². The molecule has 4 heteroatoms. The summed E-state index contributed by atoms with van der Waals surface area (Å²) in [6, 6.07) is 6.16. The molecule has 2 nitrogen and oxygen atoms in total. The summed E-state index contributed by atoms with van der Waals surface area (Å²) in [4.78, 5) is 0. The minimum atomic E-state index is 0.358. The number of hydrogen-bond acceptors (Lipinski definition) is 2. The molecule has 0 amide bonds. The maximum absolute atomic E-state index is 9.10. The fourth-order valence-electron chi connectivity index (χ4n) is 1.59. The highest BCUT2D eigenvalue weighted by atomic mass is 35.5. The number of hydrogen-bond donors (Lipinski definition) is 1. The zero-order chi connectivity index (χ0) is 12.1. The van der Waals surface area contributed by atoms with E-state index in [1.165, 1.54) is 16.2 Å². The Kier molecular flexibility index (Phi) is 5.71. The van der Waals surface area contributed by atoms with Crippen LogP contribution < -0.4 is 0 Å². The van der Waals surface area contributed by atoms with E-state index in [4.69, 9.17) is 16.8 Å². The topological polar surface area (TPSA) is 23.5 Å². The molecule has 0 fully saturated rings. The summed E-state index contributed by atoms with van der Waals surface area (Å²) in [6.07, 6.45) is 1.85. The van der Waals surface area contributed by atoms with Crippen LogP contribution in [0.4, 0.5) is 0 Å². The smallest absolute Gasteiger partial charge is 0.0438 e. The van der Waals surface area contributed by atoms with Gasteiger partial charge in [0.1, 0.15) is 0 Å². The predicted octanol–water partition coefficient (Wildman–Crippen LogP) is 3.53. The molecule has 1 rings (SSSR count). The number of halogens is 1. The molecule has 0 heterocycles. The standard InChI is InChI=1S/C12H19ClNOP/c1-3-9-8-10(4-5-11(9)13)12(16)6-7-14(2)15/h4-5,8,12,15H,3,6-7,16H2,1-2H3. The van der Waals surface area contributed by atoms with Crippen molar-refractivity contribution in [2.24, 2.45) is 0 Å². The van der Waals surface area contributed by atoms with Gasteiger partial charge in [-0.3, -0.25) is 0 Å². The lowest BCUT2D eigenvalue weighted by atomic mass is 10.0. The van der Waals surface area contributed by atoms with Gasteiger partial charge >= 0.3 is 0 Å². The Hall–Kier alpha value is -0.140. The number of hydroxylamine groups is 2. The second-order valence-electron chi connectivity index (χ2n) is 3.98. The summed E-state index contributed by atoms with van der Waals surface area (Å²) >= 11 is 6.07. The maximum Gasteiger partial charge on any atom is 0.0438 e. The summed E-state index contributed by atoms with van der Waals surface area (Å²) < 4.78 is 0. The van der Waals surface area contributed by atoms with Gasteiger partial charge < -0.3 is 5.21 Å². The molecule has 0 spiro atoms. The Balaban J connectivity index is 2.72. The Morgan fingerprint density at radius 1 is 1.50 bits per heavy atom. The Bertz CT molecular complexity index is 344. The number of aryl methyl sites for hydroxylation is 1. The van der Waals surface area contributed by atoms with Crippen molar-refractivity contribution in [1.29, 1.82) is 0 Å². The van der Waals surface area contributed by atoms with E-state index >= 15 is 0 Å². The van der Waals surface area contributed by atoms with E-state index in [1.807, 2.05) is 6.07 Å². The van der Waals surface area contributed by atoms with Crippen molar-refractivity contribution in [3.63, 3.8) is 0 Å². The van der Waals surface area contributed by atoms with Gasteiger partial charge in [0.05, 0.1) is 0 Å². The molecule has 0 saturated carbocycles. The lowest BCUT2D eigenvalue weighted by molar-refractivity contribution is -0.0652. The SMILES string of the molecule is CCc1cc(C(P)CCN(C)O)ccc1Cl. The molecule has 0 radical (unpaired) electrons. The molecule has 0 aromatic heterocycles. The average molecular weight is 260 g/mol. The first-order valence-electron chi connectivity index (χ1n) is 5.48. The molecule has 2 atom stereocenters. The van der Waals surface area contributed by atoms with Crippen LogP contribution in [0.25, 0.3) is 0 Å². The van der Waals surface area contributed by atoms with E-state index in [-0.39, 0.29) is 0 Å².